The van der Waals surface area contributed by atoms with Gasteiger partial charge < -0.3 is 9.84 Å². The first-order chi connectivity index (χ1) is 8.54. The summed E-state index contributed by atoms with van der Waals surface area (Å²) in [5, 5.41) is 10.6. The van der Waals surface area contributed by atoms with E-state index in [1.807, 2.05) is 6.07 Å². The molecule has 0 radical (unpaired) electrons. The van der Waals surface area contributed by atoms with Gasteiger partial charge in [-0.2, -0.15) is 0 Å². The highest BCUT2D eigenvalue weighted by atomic mass is 16.5. The maximum atomic E-state index is 10.6. The molecule has 1 aromatic heterocycles. The van der Waals surface area contributed by atoms with E-state index in [1.165, 1.54) is 19.3 Å². The maximum absolute atomic E-state index is 10.6. The third kappa shape index (κ3) is 2.66. The summed E-state index contributed by atoms with van der Waals surface area (Å²) in [6.07, 6.45) is 7.73. The smallest absolute Gasteiger partial charge is 0.137 e. The molecule has 1 saturated carbocycles. The summed E-state index contributed by atoms with van der Waals surface area (Å²) in [6, 6.07) is 1.89. The van der Waals surface area contributed by atoms with Crippen LogP contribution in [-0.4, -0.2) is 17.2 Å². The van der Waals surface area contributed by atoms with Gasteiger partial charge in [0.2, 0.25) is 0 Å². The number of aliphatic hydroxyl groups excluding tert-OH is 1. The molecule has 1 aromatic rings. The highest BCUT2D eigenvalue weighted by Crippen LogP contribution is 2.46. The van der Waals surface area contributed by atoms with E-state index in [0.717, 1.165) is 12.0 Å². The quantitative estimate of drug-likeness (QED) is 0.893. The Hall–Kier alpha value is -1.09. The molecule has 100 valence electrons. The van der Waals surface area contributed by atoms with Gasteiger partial charge in [-0.15, -0.1) is 0 Å². The zero-order valence-corrected chi connectivity index (χ0v) is 11.5. The normalized spacial score (nSPS) is 24.6. The standard InChI is InChI=1S/C15H23NO2/c1-15(2)7-5-4-6-13(15)14(17)11-8-12(18-3)10-16-9-11/h8-10,13-14,17H,4-7H2,1-3H3. The van der Waals surface area contributed by atoms with Crippen molar-refractivity contribution >= 4 is 0 Å². The largest absolute Gasteiger partial charge is 0.495 e. The Morgan fingerprint density at radius 3 is 2.83 bits per heavy atom. The first-order valence-electron chi connectivity index (χ1n) is 6.71. The lowest BCUT2D eigenvalue weighted by Gasteiger charge is -2.41. The van der Waals surface area contributed by atoms with Crippen molar-refractivity contribution in [2.75, 3.05) is 7.11 Å². The number of aliphatic hydroxyl groups is 1. The van der Waals surface area contributed by atoms with Crippen LogP contribution in [-0.2, 0) is 0 Å². The van der Waals surface area contributed by atoms with Crippen molar-refractivity contribution in [2.24, 2.45) is 11.3 Å². The van der Waals surface area contributed by atoms with E-state index in [4.69, 9.17) is 4.74 Å². The molecule has 2 atom stereocenters. The van der Waals surface area contributed by atoms with Gasteiger partial charge in [-0.3, -0.25) is 4.98 Å². The van der Waals surface area contributed by atoms with E-state index in [0.29, 0.717) is 11.7 Å². The van der Waals surface area contributed by atoms with Crippen LogP contribution in [0.1, 0.15) is 51.2 Å². The van der Waals surface area contributed by atoms with E-state index >= 15 is 0 Å². The predicted octanol–water partition coefficient (Wildman–Crippen LogP) is 3.34. The second kappa shape index (κ2) is 5.27. The van der Waals surface area contributed by atoms with E-state index in [9.17, 15) is 5.11 Å². The number of aromatic nitrogens is 1. The topological polar surface area (TPSA) is 42.4 Å². The summed E-state index contributed by atoms with van der Waals surface area (Å²) in [5.41, 5.74) is 1.06. The second-order valence-corrected chi connectivity index (χ2v) is 5.94. The molecule has 1 heterocycles. The van der Waals surface area contributed by atoms with Gasteiger partial charge in [-0.25, -0.2) is 0 Å². The summed E-state index contributed by atoms with van der Waals surface area (Å²) < 4.78 is 5.17. The molecular formula is C15H23NO2. The molecule has 1 aliphatic carbocycles. The number of nitrogens with zero attached hydrogens (tertiary/aromatic N) is 1. The van der Waals surface area contributed by atoms with Gasteiger partial charge >= 0.3 is 0 Å². The van der Waals surface area contributed by atoms with Crippen molar-refractivity contribution in [3.8, 4) is 5.75 Å². The molecule has 0 aliphatic heterocycles. The van der Waals surface area contributed by atoms with Gasteiger partial charge in [0.05, 0.1) is 19.4 Å². The molecule has 1 N–H and O–H groups in total. The molecule has 2 rings (SSSR count). The minimum atomic E-state index is -0.442. The second-order valence-electron chi connectivity index (χ2n) is 5.94. The molecule has 1 aliphatic rings. The fraction of sp³-hybridized carbons (Fsp3) is 0.667. The third-order valence-corrected chi connectivity index (χ3v) is 4.28. The Morgan fingerprint density at radius 2 is 2.17 bits per heavy atom. The molecule has 0 bridgehead atoms. The minimum absolute atomic E-state index is 0.195. The number of hydrogen-bond acceptors (Lipinski definition) is 3. The lowest BCUT2D eigenvalue weighted by atomic mass is 9.66. The zero-order chi connectivity index (χ0) is 13.2. The lowest BCUT2D eigenvalue weighted by Crippen LogP contribution is -2.32. The monoisotopic (exact) mass is 249 g/mol. The van der Waals surface area contributed by atoms with E-state index in [2.05, 4.69) is 18.8 Å². The first-order valence-corrected chi connectivity index (χ1v) is 6.71. The van der Waals surface area contributed by atoms with Gasteiger partial charge in [-0.05, 0) is 30.2 Å². The summed E-state index contributed by atoms with van der Waals surface area (Å²) in [4.78, 5) is 4.13. The summed E-state index contributed by atoms with van der Waals surface area (Å²) in [5.74, 6) is 1.01. The maximum Gasteiger partial charge on any atom is 0.137 e. The SMILES string of the molecule is COc1cncc(C(O)C2CCCCC2(C)C)c1. The predicted molar refractivity (Wildman–Crippen MR) is 71.5 cm³/mol. The van der Waals surface area contributed by atoms with Crippen LogP contribution in [0.3, 0.4) is 0 Å². The number of methoxy groups -OCH3 is 1. The number of ether oxygens (including phenoxy) is 1. The Bertz CT molecular complexity index is 403. The highest BCUT2D eigenvalue weighted by molar-refractivity contribution is 5.25. The Morgan fingerprint density at radius 1 is 1.39 bits per heavy atom. The zero-order valence-electron chi connectivity index (χ0n) is 11.5. The van der Waals surface area contributed by atoms with Crippen LogP contribution in [0, 0.1) is 11.3 Å². The Labute approximate surface area is 109 Å². The van der Waals surface area contributed by atoms with E-state index in [-0.39, 0.29) is 5.41 Å². The van der Waals surface area contributed by atoms with Crippen molar-refractivity contribution in [1.82, 2.24) is 4.98 Å². The lowest BCUT2D eigenvalue weighted by molar-refractivity contribution is 0.00357. The van der Waals surface area contributed by atoms with Gasteiger partial charge in [0.1, 0.15) is 5.75 Å². The molecule has 0 aromatic carbocycles. The van der Waals surface area contributed by atoms with Gasteiger partial charge in [0, 0.05) is 11.8 Å². The van der Waals surface area contributed by atoms with E-state index in [1.54, 1.807) is 19.5 Å². The van der Waals surface area contributed by atoms with Crippen LogP contribution < -0.4 is 4.74 Å². The van der Waals surface area contributed by atoms with Crippen molar-refractivity contribution in [2.45, 2.75) is 45.6 Å². The van der Waals surface area contributed by atoms with Crippen LogP contribution in [0.5, 0.6) is 5.75 Å². The van der Waals surface area contributed by atoms with E-state index < -0.39 is 6.10 Å². The molecule has 0 spiro atoms. The first kappa shape index (κ1) is 13.3. The summed E-state index contributed by atoms with van der Waals surface area (Å²) in [7, 11) is 1.62. The van der Waals surface area contributed by atoms with Gasteiger partial charge in [0.25, 0.3) is 0 Å². The molecule has 3 heteroatoms. The molecular weight excluding hydrogens is 226 g/mol. The summed E-state index contributed by atoms with van der Waals surface area (Å²) in [6.45, 7) is 4.52. The third-order valence-electron chi connectivity index (χ3n) is 4.28. The highest BCUT2D eigenvalue weighted by Gasteiger charge is 2.37. The van der Waals surface area contributed by atoms with Crippen molar-refractivity contribution in [1.29, 1.82) is 0 Å². The fourth-order valence-corrected chi connectivity index (χ4v) is 3.05. The van der Waals surface area contributed by atoms with Crippen LogP contribution in [0.4, 0.5) is 0 Å². The van der Waals surface area contributed by atoms with Crippen LogP contribution >= 0.6 is 0 Å². The van der Waals surface area contributed by atoms with Crippen LogP contribution in [0.15, 0.2) is 18.5 Å². The molecule has 0 saturated heterocycles. The van der Waals surface area contributed by atoms with Crippen molar-refractivity contribution in [3.63, 3.8) is 0 Å². The number of rotatable bonds is 3. The molecule has 18 heavy (non-hydrogen) atoms. The van der Waals surface area contributed by atoms with Crippen molar-refractivity contribution in [3.05, 3.63) is 24.0 Å². The molecule has 1 fully saturated rings. The molecule has 2 unspecified atom stereocenters. The van der Waals surface area contributed by atoms with Crippen molar-refractivity contribution < 1.29 is 9.84 Å². The minimum Gasteiger partial charge on any atom is -0.495 e. The van der Waals surface area contributed by atoms with Gasteiger partial charge in [0.15, 0.2) is 0 Å². The average molecular weight is 249 g/mol. The van der Waals surface area contributed by atoms with Crippen LogP contribution in [0.25, 0.3) is 0 Å². The summed E-state index contributed by atoms with van der Waals surface area (Å²) >= 11 is 0. The molecule has 3 nitrogen and oxygen atoms in total. The fourth-order valence-electron chi connectivity index (χ4n) is 3.05. The van der Waals surface area contributed by atoms with Crippen LogP contribution in [0.2, 0.25) is 0 Å². The number of hydrogen-bond donors (Lipinski definition) is 1. The molecule has 0 amide bonds. The average Bonchev–Trinajstić information content (AvgIpc) is 2.37. The Kier molecular flexibility index (Phi) is 3.91. The van der Waals surface area contributed by atoms with Gasteiger partial charge in [-0.1, -0.05) is 26.7 Å². The Balaban J connectivity index is 2.21. The number of pyridine rings is 1.